The van der Waals surface area contributed by atoms with Gasteiger partial charge in [0.15, 0.2) is 0 Å². The van der Waals surface area contributed by atoms with Crippen LogP contribution in [0, 0.1) is 10.1 Å². The fourth-order valence-electron chi connectivity index (χ4n) is 1.24. The van der Waals surface area contributed by atoms with E-state index in [1.54, 1.807) is 12.1 Å². The third-order valence-electron chi connectivity index (χ3n) is 1.86. The van der Waals surface area contributed by atoms with E-state index < -0.39 is 17.1 Å². The Balaban J connectivity index is 0.000000873. The summed E-state index contributed by atoms with van der Waals surface area (Å²) in [4.78, 5) is 20.6. The van der Waals surface area contributed by atoms with Crippen molar-refractivity contribution in [3.8, 4) is 0 Å². The van der Waals surface area contributed by atoms with Crippen LogP contribution in [0.15, 0.2) is 24.3 Å². The zero-order valence-corrected chi connectivity index (χ0v) is 10.8. The van der Waals surface area contributed by atoms with Gasteiger partial charge in [0.25, 0.3) is 5.69 Å². The lowest BCUT2D eigenvalue weighted by Crippen LogP contribution is -2.16. The number of carbonyl (C=O) groups is 1. The number of hydrogen-bond acceptors (Lipinski definition) is 4. The van der Waals surface area contributed by atoms with Gasteiger partial charge in [0, 0.05) is 6.07 Å². The number of nitro groups is 1. The first-order chi connectivity index (χ1) is 8.43. The Kier molecular flexibility index (Phi) is 7.11. The van der Waals surface area contributed by atoms with Gasteiger partial charge in [-0.05, 0) is 13.0 Å². The van der Waals surface area contributed by atoms with Gasteiger partial charge in [0.2, 0.25) is 0 Å². The van der Waals surface area contributed by atoms with Crippen molar-refractivity contribution in [2.75, 3.05) is 0 Å². The van der Waals surface area contributed by atoms with Crippen LogP contribution in [0.3, 0.4) is 0 Å². The largest absolute Gasteiger partial charge is 0.442 e. The van der Waals surface area contributed by atoms with E-state index in [0.29, 0.717) is 5.56 Å². The summed E-state index contributed by atoms with van der Waals surface area (Å²) in [5.74, 6) is 0. The van der Waals surface area contributed by atoms with E-state index in [9.17, 15) is 14.9 Å². The maximum Gasteiger partial charge on any atom is 0.405 e. The summed E-state index contributed by atoms with van der Waals surface area (Å²) in [5, 5.41) is 10.6. The number of rotatable bonds is 3. The van der Waals surface area contributed by atoms with Crippen LogP contribution in [-0.2, 0) is 4.74 Å². The normalized spacial score (nSPS) is 10.8. The average molecular weight is 254 g/mol. The molecule has 18 heavy (non-hydrogen) atoms. The minimum Gasteiger partial charge on any atom is -0.442 e. The molecule has 1 aromatic rings. The van der Waals surface area contributed by atoms with E-state index in [-0.39, 0.29) is 5.69 Å². The first-order valence-corrected chi connectivity index (χ1v) is 5.63. The molecule has 0 heterocycles. The molecule has 0 aliphatic heterocycles. The van der Waals surface area contributed by atoms with Crippen molar-refractivity contribution < 1.29 is 14.5 Å². The van der Waals surface area contributed by atoms with Crippen molar-refractivity contribution in [1.29, 1.82) is 0 Å². The van der Waals surface area contributed by atoms with E-state index in [1.165, 1.54) is 25.5 Å². The Morgan fingerprint density at radius 1 is 1.44 bits per heavy atom. The molecule has 0 radical (unpaired) electrons. The highest BCUT2D eigenvalue weighted by atomic mass is 16.6. The Hall–Kier alpha value is -2.11. The molecule has 1 atom stereocenters. The Morgan fingerprint density at radius 3 is 2.39 bits per heavy atom. The van der Waals surface area contributed by atoms with Crippen molar-refractivity contribution in [1.82, 2.24) is 0 Å². The number of amides is 1. The second kappa shape index (κ2) is 8.05. The van der Waals surface area contributed by atoms with Crippen molar-refractivity contribution in [2.45, 2.75) is 33.3 Å². The lowest BCUT2D eigenvalue weighted by molar-refractivity contribution is -0.386. The highest BCUT2D eigenvalue weighted by Crippen LogP contribution is 2.26. The number of ether oxygens (including phenoxy) is 1. The van der Waals surface area contributed by atoms with Gasteiger partial charge in [-0.2, -0.15) is 0 Å². The number of para-hydroxylation sites is 1. The molecule has 6 nitrogen and oxygen atoms in total. The van der Waals surface area contributed by atoms with Gasteiger partial charge < -0.3 is 10.5 Å². The molecule has 0 spiro atoms. The minimum absolute atomic E-state index is 0.0914. The van der Waals surface area contributed by atoms with Gasteiger partial charge in [-0.25, -0.2) is 4.79 Å². The van der Waals surface area contributed by atoms with Crippen LogP contribution in [0.25, 0.3) is 0 Å². The molecule has 0 saturated heterocycles. The summed E-state index contributed by atoms with van der Waals surface area (Å²) in [6.45, 7) is 5.77. The second-order valence-electron chi connectivity index (χ2n) is 3.60. The predicted molar refractivity (Wildman–Crippen MR) is 68.1 cm³/mol. The molecule has 0 aromatic heterocycles. The molecule has 100 valence electrons. The predicted octanol–water partition coefficient (Wildman–Crippen LogP) is 3.17. The van der Waals surface area contributed by atoms with Gasteiger partial charge in [-0.3, -0.25) is 10.1 Å². The number of carbonyl (C=O) groups excluding carboxylic acids is 1. The molecule has 0 saturated carbocycles. The van der Waals surface area contributed by atoms with E-state index in [0.717, 1.165) is 0 Å². The fraction of sp³-hybridized carbons (Fsp3) is 0.417. The van der Waals surface area contributed by atoms with Crippen molar-refractivity contribution >= 4 is 11.8 Å². The first kappa shape index (κ1) is 15.9. The number of benzene rings is 1. The molecule has 1 rings (SSSR count). The van der Waals surface area contributed by atoms with Gasteiger partial charge in [-0.1, -0.05) is 32.4 Å². The van der Waals surface area contributed by atoms with Crippen molar-refractivity contribution in [3.63, 3.8) is 0 Å². The molecule has 1 aromatic carbocycles. The molecule has 0 bridgehead atoms. The van der Waals surface area contributed by atoms with E-state index in [2.05, 4.69) is 18.6 Å². The van der Waals surface area contributed by atoms with Crippen molar-refractivity contribution in [3.05, 3.63) is 39.9 Å². The standard InChI is InChI=1S/C9H10N2O4.C3H8/c1-6(15-9(10)12)7-4-2-3-5-8(7)11(13)14;1-3-2/h2-6H,1H3,(H2,10,12);3H2,1-2H3. The van der Waals surface area contributed by atoms with Crippen LogP contribution in [0.2, 0.25) is 0 Å². The highest BCUT2D eigenvalue weighted by Gasteiger charge is 2.19. The Labute approximate surface area is 106 Å². The molecule has 0 fully saturated rings. The summed E-state index contributed by atoms with van der Waals surface area (Å²) >= 11 is 0. The zero-order valence-electron chi connectivity index (χ0n) is 10.8. The number of nitrogens with zero attached hydrogens (tertiary/aromatic N) is 1. The van der Waals surface area contributed by atoms with E-state index in [4.69, 9.17) is 5.73 Å². The lowest BCUT2D eigenvalue weighted by atomic mass is 10.1. The summed E-state index contributed by atoms with van der Waals surface area (Å²) in [5.41, 5.74) is 5.06. The summed E-state index contributed by atoms with van der Waals surface area (Å²) in [7, 11) is 0. The molecule has 2 N–H and O–H groups in total. The van der Waals surface area contributed by atoms with E-state index >= 15 is 0 Å². The molecular formula is C12H18N2O4. The number of nitro benzene ring substituents is 1. The van der Waals surface area contributed by atoms with Crippen LogP contribution in [-0.4, -0.2) is 11.0 Å². The lowest BCUT2D eigenvalue weighted by Gasteiger charge is -2.11. The first-order valence-electron chi connectivity index (χ1n) is 5.63. The molecule has 1 unspecified atom stereocenters. The number of hydrogen-bond donors (Lipinski definition) is 1. The molecule has 1 amide bonds. The SMILES string of the molecule is CC(OC(N)=O)c1ccccc1[N+](=O)[O-].CCC. The smallest absolute Gasteiger partial charge is 0.405 e. The topological polar surface area (TPSA) is 95.5 Å². The van der Waals surface area contributed by atoms with Crippen LogP contribution < -0.4 is 5.73 Å². The molecule has 0 aliphatic carbocycles. The third-order valence-corrected chi connectivity index (χ3v) is 1.86. The maximum atomic E-state index is 10.6. The van der Waals surface area contributed by atoms with Crippen LogP contribution in [0.5, 0.6) is 0 Å². The fourth-order valence-corrected chi connectivity index (χ4v) is 1.24. The highest BCUT2D eigenvalue weighted by molar-refractivity contribution is 5.65. The summed E-state index contributed by atoms with van der Waals surface area (Å²) < 4.78 is 4.66. The van der Waals surface area contributed by atoms with Crippen molar-refractivity contribution in [2.24, 2.45) is 5.73 Å². The second-order valence-corrected chi connectivity index (χ2v) is 3.60. The molecule has 0 aliphatic rings. The van der Waals surface area contributed by atoms with Gasteiger partial charge >= 0.3 is 6.09 Å². The Morgan fingerprint density at radius 2 is 1.94 bits per heavy atom. The Bertz CT molecular complexity index is 407. The average Bonchev–Trinajstić information content (AvgIpc) is 2.29. The van der Waals surface area contributed by atoms with Gasteiger partial charge in [-0.15, -0.1) is 0 Å². The van der Waals surface area contributed by atoms with Crippen LogP contribution >= 0.6 is 0 Å². The molecule has 6 heteroatoms. The van der Waals surface area contributed by atoms with Crippen LogP contribution in [0.1, 0.15) is 38.9 Å². The monoisotopic (exact) mass is 254 g/mol. The summed E-state index contributed by atoms with van der Waals surface area (Å²) in [6, 6.07) is 6.03. The molecular weight excluding hydrogens is 236 g/mol. The van der Waals surface area contributed by atoms with E-state index in [1.807, 2.05) is 0 Å². The number of nitrogens with two attached hydrogens (primary N) is 1. The number of primary amides is 1. The summed E-state index contributed by atoms with van der Waals surface area (Å²) in [6.07, 6.45) is -0.440. The van der Waals surface area contributed by atoms with Gasteiger partial charge in [0.05, 0.1) is 10.5 Å². The minimum atomic E-state index is -0.958. The zero-order chi connectivity index (χ0) is 14.1. The van der Waals surface area contributed by atoms with Gasteiger partial charge in [0.1, 0.15) is 6.10 Å². The van der Waals surface area contributed by atoms with Crippen LogP contribution in [0.4, 0.5) is 10.5 Å². The quantitative estimate of drug-likeness (QED) is 0.661. The third kappa shape index (κ3) is 5.29. The maximum absolute atomic E-state index is 10.6.